The van der Waals surface area contributed by atoms with Gasteiger partial charge in [-0.05, 0) is 18.2 Å². The number of benzene rings is 1. The topological polar surface area (TPSA) is 48.0 Å². The lowest BCUT2D eigenvalue weighted by Gasteiger charge is -2.24. The van der Waals surface area contributed by atoms with Crippen molar-refractivity contribution >= 4 is 0 Å². The number of nitrogens with zero attached hydrogens (tertiary/aromatic N) is 1. The van der Waals surface area contributed by atoms with Crippen LogP contribution in [0, 0.1) is 0 Å². The van der Waals surface area contributed by atoms with E-state index in [0.717, 1.165) is 11.4 Å². The molecular weight excluding hydrogens is 236 g/mol. The summed E-state index contributed by atoms with van der Waals surface area (Å²) in [4.78, 5) is 12.6. The molecule has 1 aromatic heterocycles. The smallest absolute Gasteiger partial charge is 0.259 e. The van der Waals surface area contributed by atoms with Gasteiger partial charge in [0, 0.05) is 28.9 Å². The average Bonchev–Trinajstić information content (AvgIpc) is 2.38. The van der Waals surface area contributed by atoms with Crippen LogP contribution in [0.15, 0.2) is 47.3 Å². The molecule has 0 radical (unpaired) electrons. The Morgan fingerprint density at radius 2 is 1.68 bits per heavy atom. The van der Waals surface area contributed by atoms with E-state index in [-0.39, 0.29) is 17.5 Å². The van der Waals surface area contributed by atoms with E-state index in [2.05, 4.69) is 20.8 Å². The minimum atomic E-state index is -0.109. The van der Waals surface area contributed by atoms with Gasteiger partial charge in [0.15, 0.2) is 0 Å². The highest BCUT2D eigenvalue weighted by Crippen LogP contribution is 2.23. The number of pyridine rings is 1. The van der Waals surface area contributed by atoms with Crippen molar-refractivity contribution in [2.45, 2.75) is 32.7 Å². The molecule has 0 aliphatic rings. The number of hydrogen-bond acceptors (Lipinski definition) is 2. The molecule has 0 saturated carbocycles. The quantitative estimate of drug-likeness (QED) is 0.897. The number of nitrogens with two attached hydrogens (primary N) is 1. The maximum absolute atomic E-state index is 12.6. The summed E-state index contributed by atoms with van der Waals surface area (Å²) in [5, 5.41) is 0. The van der Waals surface area contributed by atoms with E-state index in [1.807, 2.05) is 42.5 Å². The monoisotopic (exact) mass is 256 g/mol. The highest BCUT2D eigenvalue weighted by atomic mass is 16.1. The summed E-state index contributed by atoms with van der Waals surface area (Å²) in [6.45, 7) is 6.56. The molecule has 100 valence electrons. The fourth-order valence-electron chi connectivity index (χ4n) is 2.15. The molecule has 0 aliphatic carbocycles. The molecule has 3 nitrogen and oxygen atoms in total. The van der Waals surface area contributed by atoms with Gasteiger partial charge in [-0.1, -0.05) is 45.0 Å². The second-order valence-corrected chi connectivity index (χ2v) is 5.67. The van der Waals surface area contributed by atoms with Crippen LogP contribution in [0.25, 0.3) is 5.69 Å². The van der Waals surface area contributed by atoms with E-state index < -0.39 is 0 Å². The molecule has 0 bridgehead atoms. The van der Waals surface area contributed by atoms with Gasteiger partial charge in [-0.15, -0.1) is 0 Å². The van der Waals surface area contributed by atoms with Gasteiger partial charge < -0.3 is 5.73 Å². The Morgan fingerprint density at radius 3 is 2.21 bits per heavy atom. The van der Waals surface area contributed by atoms with Gasteiger partial charge in [0.25, 0.3) is 5.56 Å². The summed E-state index contributed by atoms with van der Waals surface area (Å²) in [5.74, 6) is 0. The Balaban J connectivity index is 2.79. The summed E-state index contributed by atoms with van der Waals surface area (Å²) in [7, 11) is 0. The number of para-hydroxylation sites is 1. The summed E-state index contributed by atoms with van der Waals surface area (Å²) >= 11 is 0. The zero-order chi connectivity index (χ0) is 14.0. The van der Waals surface area contributed by atoms with Gasteiger partial charge in [-0.3, -0.25) is 9.36 Å². The second-order valence-electron chi connectivity index (χ2n) is 5.67. The first-order chi connectivity index (χ1) is 8.95. The molecule has 0 atom stereocenters. The predicted octanol–water partition coefficient (Wildman–Crippen LogP) is 2.59. The molecule has 0 aliphatic heterocycles. The van der Waals surface area contributed by atoms with E-state index in [4.69, 9.17) is 5.73 Å². The molecule has 0 unspecified atom stereocenters. The van der Waals surface area contributed by atoms with Crippen molar-refractivity contribution in [2.24, 2.45) is 5.73 Å². The summed E-state index contributed by atoms with van der Waals surface area (Å²) < 4.78 is 1.77. The Labute approximate surface area is 113 Å². The molecule has 2 aromatic rings. The fourth-order valence-corrected chi connectivity index (χ4v) is 2.15. The second kappa shape index (κ2) is 5.02. The fraction of sp³-hybridized carbons (Fsp3) is 0.312. The van der Waals surface area contributed by atoms with Crippen molar-refractivity contribution in [3.8, 4) is 5.69 Å². The molecule has 0 amide bonds. The minimum absolute atomic E-state index is 0.0267. The number of rotatable bonds is 2. The number of hydrogen-bond donors (Lipinski definition) is 1. The van der Waals surface area contributed by atoms with Crippen molar-refractivity contribution in [1.82, 2.24) is 4.57 Å². The van der Waals surface area contributed by atoms with Gasteiger partial charge in [0.2, 0.25) is 0 Å². The summed E-state index contributed by atoms with van der Waals surface area (Å²) in [5.41, 5.74) is 8.01. The summed E-state index contributed by atoms with van der Waals surface area (Å²) in [6, 6.07) is 13.5. The third kappa shape index (κ3) is 2.61. The third-order valence-corrected chi connectivity index (χ3v) is 3.16. The SMILES string of the molecule is CC(C)(C)c1ccc(CN)c(=O)n1-c1ccccc1. The minimum Gasteiger partial charge on any atom is -0.326 e. The Hall–Kier alpha value is -1.87. The molecular formula is C16H20N2O. The van der Waals surface area contributed by atoms with Crippen LogP contribution >= 0.6 is 0 Å². The largest absolute Gasteiger partial charge is 0.326 e. The van der Waals surface area contributed by atoms with Crippen molar-refractivity contribution in [1.29, 1.82) is 0 Å². The van der Waals surface area contributed by atoms with Gasteiger partial charge in [-0.2, -0.15) is 0 Å². The van der Waals surface area contributed by atoms with E-state index in [9.17, 15) is 4.79 Å². The van der Waals surface area contributed by atoms with Crippen molar-refractivity contribution in [3.63, 3.8) is 0 Å². The van der Waals surface area contributed by atoms with Crippen molar-refractivity contribution < 1.29 is 0 Å². The van der Waals surface area contributed by atoms with Crippen LogP contribution in [0.2, 0.25) is 0 Å². The third-order valence-electron chi connectivity index (χ3n) is 3.16. The zero-order valence-electron chi connectivity index (χ0n) is 11.7. The van der Waals surface area contributed by atoms with E-state index >= 15 is 0 Å². The molecule has 0 saturated heterocycles. The van der Waals surface area contributed by atoms with Crippen LogP contribution in [0.1, 0.15) is 32.0 Å². The van der Waals surface area contributed by atoms with Crippen LogP contribution in [-0.4, -0.2) is 4.57 Å². The van der Waals surface area contributed by atoms with Gasteiger partial charge in [0.1, 0.15) is 0 Å². The molecule has 0 spiro atoms. The lowest BCUT2D eigenvalue weighted by Crippen LogP contribution is -2.31. The summed E-state index contributed by atoms with van der Waals surface area (Å²) in [6.07, 6.45) is 0. The molecule has 3 heteroatoms. The first-order valence-electron chi connectivity index (χ1n) is 6.46. The maximum atomic E-state index is 12.6. The van der Waals surface area contributed by atoms with Gasteiger partial charge in [-0.25, -0.2) is 0 Å². The van der Waals surface area contributed by atoms with Crippen LogP contribution in [-0.2, 0) is 12.0 Å². The normalized spacial score (nSPS) is 11.6. The first-order valence-corrected chi connectivity index (χ1v) is 6.46. The first kappa shape index (κ1) is 13.6. The Morgan fingerprint density at radius 1 is 1.05 bits per heavy atom. The molecule has 2 N–H and O–H groups in total. The standard InChI is InChI=1S/C16H20N2O/c1-16(2,3)14-10-9-12(11-17)15(19)18(14)13-7-5-4-6-8-13/h4-10H,11,17H2,1-3H3. The maximum Gasteiger partial charge on any atom is 0.259 e. The van der Waals surface area contributed by atoms with E-state index in [1.54, 1.807) is 4.57 Å². The molecule has 2 rings (SSSR count). The van der Waals surface area contributed by atoms with Crippen molar-refractivity contribution in [2.75, 3.05) is 0 Å². The highest BCUT2D eigenvalue weighted by Gasteiger charge is 2.20. The molecule has 1 heterocycles. The van der Waals surface area contributed by atoms with E-state index in [0.29, 0.717) is 5.56 Å². The van der Waals surface area contributed by atoms with Crippen LogP contribution in [0.5, 0.6) is 0 Å². The lowest BCUT2D eigenvalue weighted by atomic mass is 9.90. The van der Waals surface area contributed by atoms with Crippen LogP contribution in [0.4, 0.5) is 0 Å². The lowest BCUT2D eigenvalue weighted by molar-refractivity contribution is 0.546. The Bertz CT molecular complexity index is 621. The molecule has 1 aromatic carbocycles. The highest BCUT2D eigenvalue weighted by molar-refractivity contribution is 5.37. The Kier molecular flexibility index (Phi) is 3.58. The van der Waals surface area contributed by atoms with Gasteiger partial charge >= 0.3 is 0 Å². The molecule has 0 fully saturated rings. The van der Waals surface area contributed by atoms with E-state index in [1.165, 1.54) is 0 Å². The van der Waals surface area contributed by atoms with Crippen molar-refractivity contribution in [3.05, 3.63) is 64.1 Å². The average molecular weight is 256 g/mol. The number of aromatic nitrogens is 1. The van der Waals surface area contributed by atoms with Crippen LogP contribution in [0.3, 0.4) is 0 Å². The zero-order valence-corrected chi connectivity index (χ0v) is 11.7. The predicted molar refractivity (Wildman–Crippen MR) is 78.6 cm³/mol. The van der Waals surface area contributed by atoms with Crippen LogP contribution < -0.4 is 11.3 Å². The molecule has 19 heavy (non-hydrogen) atoms. The van der Waals surface area contributed by atoms with Gasteiger partial charge in [0.05, 0.1) is 0 Å².